The maximum absolute atomic E-state index is 13.7. The van der Waals surface area contributed by atoms with E-state index in [1.54, 1.807) is 0 Å². The highest BCUT2D eigenvalue weighted by atomic mass is 19.1. The third-order valence-electron chi connectivity index (χ3n) is 3.13. The Bertz CT molecular complexity index is 575. The van der Waals surface area contributed by atoms with Gasteiger partial charge in [-0.15, -0.1) is 0 Å². The van der Waals surface area contributed by atoms with Crippen LogP contribution in [0.5, 0.6) is 0 Å². The largest absolute Gasteiger partial charge is 0.481 e. The lowest BCUT2D eigenvalue weighted by molar-refractivity contribution is -0.137. The molecule has 1 aromatic carbocycles. The number of rotatable bonds is 9. The van der Waals surface area contributed by atoms with Gasteiger partial charge in [0.05, 0.1) is 5.56 Å². The lowest BCUT2D eigenvalue weighted by Gasteiger charge is -2.08. The molecule has 6 nitrogen and oxygen atoms in total. The van der Waals surface area contributed by atoms with E-state index >= 15 is 0 Å². The first-order chi connectivity index (χ1) is 10.9. The van der Waals surface area contributed by atoms with Gasteiger partial charge >= 0.3 is 5.97 Å². The quantitative estimate of drug-likeness (QED) is 0.608. The zero-order valence-corrected chi connectivity index (χ0v) is 13.0. The minimum atomic E-state index is -0.812. The molecule has 1 aromatic rings. The van der Waals surface area contributed by atoms with Gasteiger partial charge in [0, 0.05) is 25.6 Å². The zero-order chi connectivity index (χ0) is 17.2. The number of amides is 2. The average molecular weight is 324 g/mol. The molecule has 0 aliphatic carbocycles. The van der Waals surface area contributed by atoms with E-state index in [0.717, 1.165) is 18.9 Å². The van der Waals surface area contributed by atoms with E-state index in [9.17, 15) is 18.8 Å². The molecule has 0 aliphatic heterocycles. The molecule has 0 saturated heterocycles. The Morgan fingerprint density at radius 3 is 2.48 bits per heavy atom. The van der Waals surface area contributed by atoms with Gasteiger partial charge in [-0.05, 0) is 31.0 Å². The maximum Gasteiger partial charge on any atom is 0.303 e. The van der Waals surface area contributed by atoms with Crippen LogP contribution in [0.4, 0.5) is 10.1 Å². The predicted molar refractivity (Wildman–Crippen MR) is 83.8 cm³/mol. The first-order valence-electron chi connectivity index (χ1n) is 7.47. The van der Waals surface area contributed by atoms with Gasteiger partial charge in [-0.3, -0.25) is 14.4 Å². The molecule has 3 N–H and O–H groups in total. The molecule has 7 heteroatoms. The van der Waals surface area contributed by atoms with Crippen LogP contribution in [-0.4, -0.2) is 29.4 Å². The van der Waals surface area contributed by atoms with Crippen LogP contribution in [0.15, 0.2) is 18.2 Å². The summed E-state index contributed by atoms with van der Waals surface area (Å²) in [4.78, 5) is 33.3. The highest BCUT2D eigenvalue weighted by Crippen LogP contribution is 2.15. The van der Waals surface area contributed by atoms with Crippen LogP contribution < -0.4 is 10.6 Å². The van der Waals surface area contributed by atoms with Gasteiger partial charge in [0.15, 0.2) is 0 Å². The minimum Gasteiger partial charge on any atom is -0.481 e. The molecular weight excluding hydrogens is 303 g/mol. The summed E-state index contributed by atoms with van der Waals surface area (Å²) < 4.78 is 13.7. The molecule has 0 aromatic heterocycles. The van der Waals surface area contributed by atoms with E-state index in [1.807, 2.05) is 0 Å². The fourth-order valence-electron chi connectivity index (χ4n) is 2.03. The number of anilines is 1. The normalized spacial score (nSPS) is 10.2. The van der Waals surface area contributed by atoms with E-state index in [1.165, 1.54) is 19.1 Å². The Hall–Kier alpha value is -2.44. The monoisotopic (exact) mass is 324 g/mol. The van der Waals surface area contributed by atoms with E-state index in [4.69, 9.17) is 5.11 Å². The van der Waals surface area contributed by atoms with Crippen molar-refractivity contribution in [2.24, 2.45) is 0 Å². The van der Waals surface area contributed by atoms with Gasteiger partial charge in [0.1, 0.15) is 5.82 Å². The van der Waals surface area contributed by atoms with Gasteiger partial charge in [-0.2, -0.15) is 0 Å². The van der Waals surface area contributed by atoms with Crippen molar-refractivity contribution in [2.45, 2.75) is 39.0 Å². The number of unbranched alkanes of at least 4 members (excludes halogenated alkanes) is 3. The van der Waals surface area contributed by atoms with Crippen LogP contribution in [0.3, 0.4) is 0 Å². The highest BCUT2D eigenvalue weighted by molar-refractivity contribution is 5.97. The summed E-state index contributed by atoms with van der Waals surface area (Å²) in [5, 5.41) is 13.6. The third-order valence-corrected chi connectivity index (χ3v) is 3.13. The summed E-state index contributed by atoms with van der Waals surface area (Å²) >= 11 is 0. The first kappa shape index (κ1) is 18.6. The fourth-order valence-corrected chi connectivity index (χ4v) is 2.03. The van der Waals surface area contributed by atoms with Gasteiger partial charge < -0.3 is 15.7 Å². The number of carbonyl (C=O) groups is 3. The third kappa shape index (κ3) is 7.39. The molecule has 0 aliphatic rings. The standard InChI is InChI=1S/C16H21FN2O4/c1-11(20)19-12-7-8-14(17)13(10-12)16(23)18-9-5-3-2-4-6-15(21)22/h7-8,10H,2-6,9H2,1H3,(H,18,23)(H,19,20)(H,21,22). The highest BCUT2D eigenvalue weighted by Gasteiger charge is 2.12. The number of hydrogen-bond donors (Lipinski definition) is 3. The zero-order valence-electron chi connectivity index (χ0n) is 13.0. The molecule has 0 saturated carbocycles. The van der Waals surface area contributed by atoms with Crippen LogP contribution in [-0.2, 0) is 9.59 Å². The maximum atomic E-state index is 13.7. The van der Waals surface area contributed by atoms with E-state index in [-0.39, 0.29) is 17.9 Å². The summed E-state index contributed by atoms with van der Waals surface area (Å²) in [5.74, 6) is -2.31. The Kier molecular flexibility index (Phi) is 7.73. The van der Waals surface area contributed by atoms with Crippen molar-refractivity contribution < 1.29 is 23.9 Å². The van der Waals surface area contributed by atoms with Crippen molar-refractivity contribution in [1.82, 2.24) is 5.32 Å². The summed E-state index contributed by atoms with van der Waals surface area (Å²) in [5.41, 5.74) is 0.236. The Morgan fingerprint density at radius 1 is 1.13 bits per heavy atom. The minimum absolute atomic E-state index is 0.123. The predicted octanol–water partition coefficient (Wildman–Crippen LogP) is 2.55. The molecule has 2 amide bonds. The lowest BCUT2D eigenvalue weighted by Crippen LogP contribution is -2.25. The van der Waals surface area contributed by atoms with Gasteiger partial charge in [0.25, 0.3) is 5.91 Å². The SMILES string of the molecule is CC(=O)Nc1ccc(F)c(C(=O)NCCCCCCC(=O)O)c1. The van der Waals surface area contributed by atoms with Crippen molar-refractivity contribution in [2.75, 3.05) is 11.9 Å². The van der Waals surface area contributed by atoms with Crippen LogP contribution in [0.2, 0.25) is 0 Å². The summed E-state index contributed by atoms with van der Waals surface area (Å²) in [6.45, 7) is 1.71. The summed E-state index contributed by atoms with van der Waals surface area (Å²) in [6.07, 6.45) is 3.01. The topological polar surface area (TPSA) is 95.5 Å². The smallest absolute Gasteiger partial charge is 0.303 e. The number of benzene rings is 1. The Labute approximate surface area is 134 Å². The molecule has 0 heterocycles. The molecule has 0 spiro atoms. The van der Waals surface area contributed by atoms with Crippen LogP contribution in [0, 0.1) is 5.82 Å². The van der Waals surface area contributed by atoms with Crippen molar-refractivity contribution in [3.05, 3.63) is 29.6 Å². The van der Waals surface area contributed by atoms with Crippen molar-refractivity contribution in [3.8, 4) is 0 Å². The number of aliphatic carboxylic acids is 1. The second-order valence-corrected chi connectivity index (χ2v) is 5.19. The molecular formula is C16H21FN2O4. The van der Waals surface area contributed by atoms with Crippen molar-refractivity contribution in [1.29, 1.82) is 0 Å². The molecule has 23 heavy (non-hydrogen) atoms. The van der Waals surface area contributed by atoms with Crippen molar-refractivity contribution in [3.63, 3.8) is 0 Å². The van der Waals surface area contributed by atoms with E-state index in [2.05, 4.69) is 10.6 Å². The van der Waals surface area contributed by atoms with Crippen molar-refractivity contribution >= 4 is 23.5 Å². The number of halogens is 1. The first-order valence-corrected chi connectivity index (χ1v) is 7.47. The second-order valence-electron chi connectivity index (χ2n) is 5.19. The molecule has 0 bridgehead atoms. The molecule has 0 atom stereocenters. The van der Waals surface area contributed by atoms with Gasteiger partial charge in [-0.25, -0.2) is 4.39 Å². The molecule has 0 unspecified atom stereocenters. The summed E-state index contributed by atoms with van der Waals surface area (Å²) in [6, 6.07) is 3.81. The molecule has 1 rings (SSSR count). The number of carbonyl (C=O) groups excluding carboxylic acids is 2. The van der Waals surface area contributed by atoms with Gasteiger partial charge in [-0.1, -0.05) is 12.8 Å². The van der Waals surface area contributed by atoms with E-state index in [0.29, 0.717) is 25.1 Å². The average Bonchev–Trinajstić information content (AvgIpc) is 2.47. The fraction of sp³-hybridized carbons (Fsp3) is 0.438. The Balaban J connectivity index is 2.39. The Morgan fingerprint density at radius 2 is 1.83 bits per heavy atom. The number of hydrogen-bond acceptors (Lipinski definition) is 3. The molecule has 0 radical (unpaired) electrons. The van der Waals surface area contributed by atoms with Crippen LogP contribution in [0.25, 0.3) is 0 Å². The molecule has 0 fully saturated rings. The number of carboxylic acids is 1. The molecule has 126 valence electrons. The van der Waals surface area contributed by atoms with Crippen LogP contribution >= 0.6 is 0 Å². The van der Waals surface area contributed by atoms with Gasteiger partial charge in [0.2, 0.25) is 5.91 Å². The summed E-state index contributed by atoms with van der Waals surface area (Å²) in [7, 11) is 0. The number of carboxylic acid groups (broad SMARTS) is 1. The van der Waals surface area contributed by atoms with E-state index < -0.39 is 17.7 Å². The number of nitrogens with one attached hydrogen (secondary N) is 2. The second kappa shape index (κ2) is 9.55. The lowest BCUT2D eigenvalue weighted by atomic mass is 10.1. The van der Waals surface area contributed by atoms with Crippen LogP contribution in [0.1, 0.15) is 49.4 Å².